The summed E-state index contributed by atoms with van der Waals surface area (Å²) < 4.78 is 5.15. The van der Waals surface area contributed by atoms with Gasteiger partial charge in [-0.2, -0.15) is 0 Å². The molecule has 1 unspecified atom stereocenters. The highest BCUT2D eigenvalue weighted by Crippen LogP contribution is 2.22. The van der Waals surface area contributed by atoms with E-state index in [1.165, 1.54) is 6.92 Å². The molecule has 2 aromatic rings. The largest absolute Gasteiger partial charge is 0.464 e. The van der Waals surface area contributed by atoms with Gasteiger partial charge in [-0.15, -0.1) is 0 Å². The number of anilines is 2. The Morgan fingerprint density at radius 3 is 2.17 bits per heavy atom. The van der Waals surface area contributed by atoms with E-state index in [1.54, 1.807) is 31.2 Å². The molecule has 0 radical (unpaired) electrons. The molecule has 0 heterocycles. The SMILES string of the molecule is CCOC(=O)C(Nc1ccc(NC(C)=O)cc1)c1ccccc1. The van der Waals surface area contributed by atoms with Crippen LogP contribution < -0.4 is 10.6 Å². The van der Waals surface area contributed by atoms with Crippen LogP contribution in [0.2, 0.25) is 0 Å². The molecule has 0 saturated carbocycles. The fourth-order valence-corrected chi connectivity index (χ4v) is 2.17. The molecule has 0 aromatic heterocycles. The lowest BCUT2D eigenvalue weighted by molar-refractivity contribution is -0.144. The van der Waals surface area contributed by atoms with Gasteiger partial charge in [0.1, 0.15) is 0 Å². The lowest BCUT2D eigenvalue weighted by Crippen LogP contribution is -2.23. The second-order valence-corrected chi connectivity index (χ2v) is 5.00. The number of carbonyl (C=O) groups is 2. The molecule has 0 spiro atoms. The third kappa shape index (κ3) is 4.85. The van der Waals surface area contributed by atoms with Gasteiger partial charge in [0.25, 0.3) is 0 Å². The average Bonchev–Trinajstić information content (AvgIpc) is 2.54. The molecule has 0 aliphatic heterocycles. The molecule has 5 nitrogen and oxygen atoms in total. The van der Waals surface area contributed by atoms with E-state index in [9.17, 15) is 9.59 Å². The first-order chi connectivity index (χ1) is 11.1. The average molecular weight is 312 g/mol. The molecule has 120 valence electrons. The summed E-state index contributed by atoms with van der Waals surface area (Å²) in [4.78, 5) is 23.3. The molecule has 0 aliphatic rings. The predicted molar refractivity (Wildman–Crippen MR) is 90.2 cm³/mol. The second-order valence-electron chi connectivity index (χ2n) is 5.00. The van der Waals surface area contributed by atoms with Crippen LogP contribution in [-0.4, -0.2) is 18.5 Å². The van der Waals surface area contributed by atoms with Crippen molar-refractivity contribution in [2.75, 3.05) is 17.2 Å². The van der Waals surface area contributed by atoms with E-state index >= 15 is 0 Å². The van der Waals surface area contributed by atoms with Crippen molar-refractivity contribution in [2.45, 2.75) is 19.9 Å². The van der Waals surface area contributed by atoms with Gasteiger partial charge in [0.05, 0.1) is 6.61 Å². The standard InChI is InChI=1S/C18H20N2O3/c1-3-23-18(22)17(14-7-5-4-6-8-14)20-16-11-9-15(10-12-16)19-13(2)21/h4-12,17,20H,3H2,1-2H3,(H,19,21). The highest BCUT2D eigenvalue weighted by atomic mass is 16.5. The highest BCUT2D eigenvalue weighted by molar-refractivity contribution is 5.89. The minimum atomic E-state index is -0.581. The molecule has 2 rings (SSSR count). The summed E-state index contributed by atoms with van der Waals surface area (Å²) in [6, 6.07) is 16.0. The van der Waals surface area contributed by atoms with E-state index < -0.39 is 6.04 Å². The zero-order valence-electron chi connectivity index (χ0n) is 13.2. The van der Waals surface area contributed by atoms with Crippen LogP contribution in [0.1, 0.15) is 25.5 Å². The highest BCUT2D eigenvalue weighted by Gasteiger charge is 2.21. The Morgan fingerprint density at radius 1 is 1.00 bits per heavy atom. The summed E-state index contributed by atoms with van der Waals surface area (Å²) in [6.07, 6.45) is 0. The Kier molecular flexibility index (Phi) is 5.74. The fourth-order valence-electron chi connectivity index (χ4n) is 2.17. The van der Waals surface area contributed by atoms with Crippen LogP contribution in [0, 0.1) is 0 Å². The van der Waals surface area contributed by atoms with Gasteiger partial charge in [-0.3, -0.25) is 4.79 Å². The van der Waals surface area contributed by atoms with Gasteiger partial charge in [0.2, 0.25) is 5.91 Å². The van der Waals surface area contributed by atoms with Gasteiger partial charge in [-0.05, 0) is 36.8 Å². The summed E-state index contributed by atoms with van der Waals surface area (Å²) in [6.45, 7) is 3.56. The summed E-state index contributed by atoms with van der Waals surface area (Å²) in [7, 11) is 0. The number of rotatable bonds is 6. The maximum Gasteiger partial charge on any atom is 0.333 e. The number of nitrogens with one attached hydrogen (secondary N) is 2. The summed E-state index contributed by atoms with van der Waals surface area (Å²) in [5.41, 5.74) is 2.30. The van der Waals surface area contributed by atoms with Gasteiger partial charge >= 0.3 is 5.97 Å². The van der Waals surface area contributed by atoms with Crippen LogP contribution in [0.4, 0.5) is 11.4 Å². The van der Waals surface area contributed by atoms with Crippen molar-refractivity contribution in [1.29, 1.82) is 0 Å². The fraction of sp³-hybridized carbons (Fsp3) is 0.222. The molecule has 0 aliphatic carbocycles. The minimum Gasteiger partial charge on any atom is -0.464 e. The maximum absolute atomic E-state index is 12.2. The first kappa shape index (κ1) is 16.5. The zero-order chi connectivity index (χ0) is 16.7. The smallest absolute Gasteiger partial charge is 0.333 e. The van der Waals surface area contributed by atoms with Gasteiger partial charge in [0, 0.05) is 18.3 Å². The monoisotopic (exact) mass is 312 g/mol. The summed E-state index contributed by atoms with van der Waals surface area (Å²) in [5, 5.41) is 5.87. The van der Waals surface area contributed by atoms with Crippen LogP contribution in [0.15, 0.2) is 54.6 Å². The molecular formula is C18H20N2O3. The quantitative estimate of drug-likeness (QED) is 0.803. The maximum atomic E-state index is 12.2. The number of ether oxygens (including phenoxy) is 1. The molecule has 2 aromatic carbocycles. The Balaban J connectivity index is 2.17. The first-order valence-corrected chi connectivity index (χ1v) is 7.46. The lowest BCUT2D eigenvalue weighted by atomic mass is 10.1. The third-order valence-corrected chi connectivity index (χ3v) is 3.17. The second kappa shape index (κ2) is 7.98. The summed E-state index contributed by atoms with van der Waals surface area (Å²) >= 11 is 0. The zero-order valence-corrected chi connectivity index (χ0v) is 13.2. The third-order valence-electron chi connectivity index (χ3n) is 3.17. The molecule has 1 atom stereocenters. The number of esters is 1. The van der Waals surface area contributed by atoms with Crippen molar-refractivity contribution in [2.24, 2.45) is 0 Å². The van der Waals surface area contributed by atoms with Crippen LogP contribution in [-0.2, 0) is 14.3 Å². The van der Waals surface area contributed by atoms with E-state index in [4.69, 9.17) is 4.74 Å². The van der Waals surface area contributed by atoms with Crippen LogP contribution in [0.25, 0.3) is 0 Å². The normalized spacial score (nSPS) is 11.4. The summed E-state index contributed by atoms with van der Waals surface area (Å²) in [5.74, 6) is -0.455. The number of hydrogen-bond donors (Lipinski definition) is 2. The Morgan fingerprint density at radius 2 is 1.61 bits per heavy atom. The van der Waals surface area contributed by atoms with Crippen molar-refractivity contribution < 1.29 is 14.3 Å². The van der Waals surface area contributed by atoms with Crippen LogP contribution in [0.3, 0.4) is 0 Å². The molecular weight excluding hydrogens is 292 g/mol. The number of benzene rings is 2. The van der Waals surface area contributed by atoms with E-state index in [0.29, 0.717) is 12.3 Å². The molecule has 0 saturated heterocycles. The Labute approximate surface area is 135 Å². The minimum absolute atomic E-state index is 0.126. The van der Waals surface area contributed by atoms with E-state index in [0.717, 1.165) is 11.3 Å². The van der Waals surface area contributed by atoms with E-state index in [1.807, 2.05) is 30.3 Å². The van der Waals surface area contributed by atoms with Gasteiger partial charge in [-0.25, -0.2) is 4.79 Å². The van der Waals surface area contributed by atoms with E-state index in [-0.39, 0.29) is 11.9 Å². The molecule has 0 fully saturated rings. The van der Waals surface area contributed by atoms with Crippen molar-refractivity contribution in [3.8, 4) is 0 Å². The topological polar surface area (TPSA) is 67.4 Å². The van der Waals surface area contributed by atoms with Crippen LogP contribution in [0.5, 0.6) is 0 Å². The Bertz CT molecular complexity index is 654. The molecule has 5 heteroatoms. The van der Waals surface area contributed by atoms with Crippen molar-refractivity contribution in [1.82, 2.24) is 0 Å². The number of amides is 1. The van der Waals surface area contributed by atoms with Crippen molar-refractivity contribution in [3.05, 3.63) is 60.2 Å². The predicted octanol–water partition coefficient (Wildman–Crippen LogP) is 3.36. The molecule has 2 N–H and O–H groups in total. The molecule has 0 bridgehead atoms. The van der Waals surface area contributed by atoms with Gasteiger partial charge in [-0.1, -0.05) is 30.3 Å². The molecule has 1 amide bonds. The Hall–Kier alpha value is -2.82. The molecule has 23 heavy (non-hydrogen) atoms. The van der Waals surface area contributed by atoms with Crippen molar-refractivity contribution in [3.63, 3.8) is 0 Å². The van der Waals surface area contributed by atoms with Crippen LogP contribution >= 0.6 is 0 Å². The number of hydrogen-bond acceptors (Lipinski definition) is 4. The van der Waals surface area contributed by atoms with Gasteiger partial charge < -0.3 is 15.4 Å². The van der Waals surface area contributed by atoms with E-state index in [2.05, 4.69) is 10.6 Å². The van der Waals surface area contributed by atoms with Crippen molar-refractivity contribution >= 4 is 23.3 Å². The lowest BCUT2D eigenvalue weighted by Gasteiger charge is -2.19. The first-order valence-electron chi connectivity index (χ1n) is 7.46. The number of carbonyl (C=O) groups excluding carboxylic acids is 2. The van der Waals surface area contributed by atoms with Gasteiger partial charge in [0.15, 0.2) is 6.04 Å².